The average molecular weight is 628 g/mol. The molecule has 1 aromatic heterocycles. The number of hydrogen-bond acceptors (Lipinski definition) is 8. The van der Waals surface area contributed by atoms with Gasteiger partial charge in [0.2, 0.25) is 0 Å². The Morgan fingerprint density at radius 2 is 1.56 bits per heavy atom. The maximum absolute atomic E-state index is 14.1. The number of amides is 1. The lowest BCUT2D eigenvalue weighted by atomic mass is 9.93. The van der Waals surface area contributed by atoms with Gasteiger partial charge in [0.1, 0.15) is 35.6 Å². The van der Waals surface area contributed by atoms with Crippen molar-refractivity contribution >= 4 is 23.3 Å². The first-order valence-electron chi connectivity index (χ1n) is 14.7. The minimum absolute atomic E-state index is 0.171. The van der Waals surface area contributed by atoms with Crippen molar-refractivity contribution in [2.24, 2.45) is 4.99 Å². The van der Waals surface area contributed by atoms with Crippen LogP contribution in [0.2, 0.25) is 0 Å². The molecule has 10 heteroatoms. The van der Waals surface area contributed by atoms with E-state index in [-0.39, 0.29) is 11.5 Å². The second-order valence-electron chi connectivity index (χ2n) is 10.4. The average Bonchev–Trinajstić information content (AvgIpc) is 3.37. The first kappa shape index (κ1) is 31.6. The standard InChI is InChI=1S/C35H37N3O6S/c1-7-37(8-2)34(40)31-22(3)36-35-38(32(31)28-20-27(42-5)17-18-29(28)43-6)33(39)30(45-35)19-23-9-15-26(16-10-23)44-21-24-11-13-25(41-4)14-12-24/h9-20,32H,7-8,21H2,1-6H3/b30-19+/t32-/m0/s1. The maximum atomic E-state index is 14.1. The zero-order chi connectivity index (χ0) is 32.1. The molecule has 9 nitrogen and oxygen atoms in total. The number of ether oxygens (including phenoxy) is 4. The van der Waals surface area contributed by atoms with E-state index in [9.17, 15) is 9.59 Å². The molecule has 234 valence electrons. The van der Waals surface area contributed by atoms with Crippen LogP contribution in [0.3, 0.4) is 0 Å². The van der Waals surface area contributed by atoms with E-state index in [1.165, 1.54) is 11.3 Å². The minimum Gasteiger partial charge on any atom is -0.497 e. The van der Waals surface area contributed by atoms with Gasteiger partial charge < -0.3 is 23.8 Å². The largest absolute Gasteiger partial charge is 0.497 e. The third kappa shape index (κ3) is 6.51. The summed E-state index contributed by atoms with van der Waals surface area (Å²) in [5.74, 6) is 2.47. The summed E-state index contributed by atoms with van der Waals surface area (Å²) in [7, 11) is 4.79. The zero-order valence-electron chi connectivity index (χ0n) is 26.3. The number of thiazole rings is 1. The van der Waals surface area contributed by atoms with Gasteiger partial charge in [-0.2, -0.15) is 0 Å². The highest BCUT2D eigenvalue weighted by Gasteiger charge is 2.36. The number of hydrogen-bond donors (Lipinski definition) is 0. The molecule has 1 amide bonds. The summed E-state index contributed by atoms with van der Waals surface area (Å²) in [6.45, 7) is 7.16. The molecule has 0 unspecified atom stereocenters. The van der Waals surface area contributed by atoms with Gasteiger partial charge >= 0.3 is 0 Å². The second-order valence-corrected chi connectivity index (χ2v) is 11.4. The van der Waals surface area contributed by atoms with Crippen LogP contribution in [0.5, 0.6) is 23.0 Å². The van der Waals surface area contributed by atoms with E-state index >= 15 is 0 Å². The third-order valence-corrected chi connectivity index (χ3v) is 8.76. The van der Waals surface area contributed by atoms with Crippen LogP contribution in [0.1, 0.15) is 43.5 Å². The topological polar surface area (TPSA) is 91.6 Å². The summed E-state index contributed by atoms with van der Waals surface area (Å²) in [5, 5.41) is 0. The van der Waals surface area contributed by atoms with Gasteiger partial charge in [0, 0.05) is 18.7 Å². The Bertz CT molecular complexity index is 1890. The SMILES string of the molecule is CCN(CC)C(=O)C1=C(C)N=c2s/c(=C/c3ccc(OCc4ccc(OC)cc4)cc3)c(=O)n2[C@H]1c1cc(OC)ccc1OC. The van der Waals surface area contributed by atoms with E-state index < -0.39 is 6.04 Å². The summed E-state index contributed by atoms with van der Waals surface area (Å²) in [6, 6.07) is 19.9. The summed E-state index contributed by atoms with van der Waals surface area (Å²) in [6.07, 6.45) is 1.84. The molecular weight excluding hydrogens is 590 g/mol. The Morgan fingerprint density at radius 3 is 2.18 bits per heavy atom. The predicted molar refractivity (Wildman–Crippen MR) is 175 cm³/mol. The van der Waals surface area contributed by atoms with E-state index in [2.05, 4.69) is 0 Å². The Labute approximate surface area is 266 Å². The molecule has 0 bridgehead atoms. The van der Waals surface area contributed by atoms with Crippen molar-refractivity contribution in [2.45, 2.75) is 33.4 Å². The molecule has 1 aliphatic rings. The van der Waals surface area contributed by atoms with Gasteiger partial charge in [-0.15, -0.1) is 0 Å². The number of carbonyl (C=O) groups excluding carboxylic acids is 1. The van der Waals surface area contributed by atoms with E-state index in [1.54, 1.807) is 42.9 Å². The third-order valence-electron chi connectivity index (χ3n) is 7.78. The van der Waals surface area contributed by atoms with Gasteiger partial charge in [0.25, 0.3) is 11.5 Å². The molecular formula is C35H37N3O6S. The smallest absolute Gasteiger partial charge is 0.271 e. The number of allylic oxidation sites excluding steroid dienone is 1. The van der Waals surface area contributed by atoms with Gasteiger partial charge in [-0.3, -0.25) is 14.2 Å². The maximum Gasteiger partial charge on any atom is 0.271 e. The number of likely N-dealkylation sites (N-methyl/N-ethyl adjacent to an activating group) is 1. The Hall–Kier alpha value is -4.83. The number of aromatic nitrogens is 1. The normalized spacial score (nSPS) is 14.4. The fraction of sp³-hybridized carbons (Fsp3) is 0.286. The van der Waals surface area contributed by atoms with Crippen molar-refractivity contribution in [2.75, 3.05) is 34.4 Å². The Morgan fingerprint density at radius 1 is 0.911 bits per heavy atom. The summed E-state index contributed by atoms with van der Waals surface area (Å²) in [4.78, 5) is 35.1. The monoisotopic (exact) mass is 627 g/mol. The molecule has 5 rings (SSSR count). The minimum atomic E-state index is -0.754. The molecule has 1 atom stereocenters. The highest BCUT2D eigenvalue weighted by molar-refractivity contribution is 7.07. The van der Waals surface area contributed by atoms with Gasteiger partial charge in [0.05, 0.1) is 37.1 Å². The summed E-state index contributed by atoms with van der Waals surface area (Å²) >= 11 is 1.29. The number of rotatable bonds is 11. The molecule has 2 heterocycles. The molecule has 0 saturated carbocycles. The first-order chi connectivity index (χ1) is 21.8. The van der Waals surface area contributed by atoms with Gasteiger partial charge in [-0.05, 0) is 80.4 Å². The van der Waals surface area contributed by atoms with Crippen LogP contribution in [-0.4, -0.2) is 49.8 Å². The van der Waals surface area contributed by atoms with E-state index in [0.717, 1.165) is 16.9 Å². The molecule has 0 radical (unpaired) electrons. The van der Waals surface area contributed by atoms with Crippen molar-refractivity contribution in [1.82, 2.24) is 9.47 Å². The van der Waals surface area contributed by atoms with Crippen molar-refractivity contribution in [3.05, 3.63) is 114 Å². The van der Waals surface area contributed by atoms with E-state index in [4.69, 9.17) is 23.9 Å². The first-order valence-corrected chi connectivity index (χ1v) is 15.5. The number of nitrogens with zero attached hydrogens (tertiary/aromatic N) is 3. The van der Waals surface area contributed by atoms with Crippen LogP contribution in [0.15, 0.2) is 87.8 Å². The van der Waals surface area contributed by atoms with Crippen LogP contribution in [0.4, 0.5) is 0 Å². The molecule has 45 heavy (non-hydrogen) atoms. The number of fused-ring (bicyclic) bond motifs is 1. The number of benzene rings is 3. The molecule has 0 aliphatic carbocycles. The van der Waals surface area contributed by atoms with E-state index in [0.29, 0.717) is 63.1 Å². The lowest BCUT2D eigenvalue weighted by Crippen LogP contribution is -2.43. The summed E-state index contributed by atoms with van der Waals surface area (Å²) in [5.41, 5.74) is 3.26. The predicted octanol–water partition coefficient (Wildman–Crippen LogP) is 4.71. The van der Waals surface area contributed by atoms with Crippen LogP contribution in [0, 0.1) is 0 Å². The van der Waals surface area contributed by atoms with Crippen LogP contribution < -0.4 is 33.8 Å². The molecule has 3 aromatic carbocycles. The molecule has 0 fully saturated rings. The van der Waals surface area contributed by atoms with Crippen molar-refractivity contribution in [1.29, 1.82) is 0 Å². The van der Waals surface area contributed by atoms with Crippen LogP contribution in [0.25, 0.3) is 6.08 Å². The number of methoxy groups -OCH3 is 3. The van der Waals surface area contributed by atoms with Crippen LogP contribution >= 0.6 is 11.3 Å². The lowest BCUT2D eigenvalue weighted by molar-refractivity contribution is -0.127. The van der Waals surface area contributed by atoms with Crippen molar-refractivity contribution in [3.63, 3.8) is 0 Å². The highest BCUT2D eigenvalue weighted by Crippen LogP contribution is 2.38. The molecule has 0 saturated heterocycles. The lowest BCUT2D eigenvalue weighted by Gasteiger charge is -2.30. The fourth-order valence-corrected chi connectivity index (χ4v) is 6.37. The fourth-order valence-electron chi connectivity index (χ4n) is 5.32. The van der Waals surface area contributed by atoms with Gasteiger partial charge in [0.15, 0.2) is 4.80 Å². The zero-order valence-corrected chi connectivity index (χ0v) is 27.1. The van der Waals surface area contributed by atoms with Crippen molar-refractivity contribution in [3.8, 4) is 23.0 Å². The van der Waals surface area contributed by atoms with Crippen LogP contribution in [-0.2, 0) is 11.4 Å². The van der Waals surface area contributed by atoms with E-state index in [1.807, 2.05) is 81.4 Å². The summed E-state index contributed by atoms with van der Waals surface area (Å²) < 4.78 is 24.5. The molecule has 4 aromatic rings. The highest BCUT2D eigenvalue weighted by atomic mass is 32.1. The second kappa shape index (κ2) is 13.9. The van der Waals surface area contributed by atoms with Crippen molar-refractivity contribution < 1.29 is 23.7 Å². The Kier molecular flexibility index (Phi) is 9.73. The number of carbonyl (C=O) groups is 1. The molecule has 0 spiro atoms. The Balaban J connectivity index is 1.54. The molecule has 0 N–H and O–H groups in total. The molecule has 1 aliphatic heterocycles. The van der Waals surface area contributed by atoms with Gasteiger partial charge in [-0.25, -0.2) is 4.99 Å². The quantitative estimate of drug-likeness (QED) is 0.239. The van der Waals surface area contributed by atoms with Gasteiger partial charge in [-0.1, -0.05) is 35.6 Å².